The van der Waals surface area contributed by atoms with Gasteiger partial charge in [-0.15, -0.1) is 0 Å². The lowest BCUT2D eigenvalue weighted by Gasteiger charge is -2.07. The molecule has 0 fully saturated rings. The topological polar surface area (TPSA) is 20.2 Å². The lowest BCUT2D eigenvalue weighted by molar-refractivity contribution is 0.567. The highest BCUT2D eigenvalue weighted by atomic mass is 28.4. The van der Waals surface area contributed by atoms with E-state index in [0.717, 1.165) is 5.57 Å². The standard InChI is InChI=1S/C8H12OSi/c1-10(2,9)7-8-5-3-4-6-8/h3-7,9H,1-2H3. The fraction of sp³-hybridized carbons (Fsp3) is 0.250. The van der Waals surface area contributed by atoms with Crippen molar-refractivity contribution in [1.82, 2.24) is 0 Å². The summed E-state index contributed by atoms with van der Waals surface area (Å²) in [6.07, 6.45) is 7.97. The Balaban J connectivity index is 2.73. The molecule has 0 aliphatic heterocycles. The summed E-state index contributed by atoms with van der Waals surface area (Å²) in [7, 11) is -1.99. The van der Waals surface area contributed by atoms with Gasteiger partial charge in [0.2, 0.25) is 8.32 Å². The zero-order chi connectivity index (χ0) is 7.61. The number of hydrogen-bond acceptors (Lipinski definition) is 1. The average molecular weight is 152 g/mol. The van der Waals surface area contributed by atoms with Crippen LogP contribution in [0.15, 0.2) is 35.6 Å². The van der Waals surface area contributed by atoms with Crippen molar-refractivity contribution in [1.29, 1.82) is 0 Å². The molecule has 0 atom stereocenters. The first-order chi connectivity index (χ1) is 4.58. The maximum Gasteiger partial charge on any atom is 0.207 e. The molecule has 0 heterocycles. The molecule has 1 aliphatic rings. The Bertz CT molecular complexity index is 192. The predicted molar refractivity (Wildman–Crippen MR) is 46.1 cm³/mol. The smallest absolute Gasteiger partial charge is 0.207 e. The minimum Gasteiger partial charge on any atom is -0.428 e. The maximum absolute atomic E-state index is 9.47. The molecule has 1 aliphatic carbocycles. The van der Waals surface area contributed by atoms with Gasteiger partial charge >= 0.3 is 0 Å². The van der Waals surface area contributed by atoms with Gasteiger partial charge in [0.15, 0.2) is 0 Å². The molecule has 0 aromatic rings. The van der Waals surface area contributed by atoms with E-state index in [9.17, 15) is 4.80 Å². The highest BCUT2D eigenvalue weighted by Crippen LogP contribution is 2.10. The fourth-order valence-electron chi connectivity index (χ4n) is 0.893. The van der Waals surface area contributed by atoms with Crippen molar-refractivity contribution in [2.24, 2.45) is 0 Å². The van der Waals surface area contributed by atoms with Crippen LogP contribution in [-0.2, 0) is 0 Å². The maximum atomic E-state index is 9.47. The van der Waals surface area contributed by atoms with E-state index in [2.05, 4.69) is 0 Å². The van der Waals surface area contributed by atoms with Crippen molar-refractivity contribution in [2.75, 3.05) is 0 Å². The summed E-state index contributed by atoms with van der Waals surface area (Å²) in [4.78, 5) is 9.47. The molecule has 2 heteroatoms. The van der Waals surface area contributed by atoms with Crippen LogP contribution in [0.5, 0.6) is 0 Å². The summed E-state index contributed by atoms with van der Waals surface area (Å²) < 4.78 is 0. The van der Waals surface area contributed by atoms with Crippen LogP contribution in [0, 0.1) is 0 Å². The normalized spacial score (nSPS) is 16.5. The SMILES string of the molecule is C[Si](C)(O)C=C1C=CC=C1. The van der Waals surface area contributed by atoms with Crippen LogP contribution in [0.1, 0.15) is 0 Å². The highest BCUT2D eigenvalue weighted by Gasteiger charge is 2.12. The van der Waals surface area contributed by atoms with Gasteiger partial charge in [-0.1, -0.05) is 30.0 Å². The molecule has 0 radical (unpaired) electrons. The van der Waals surface area contributed by atoms with Crippen LogP contribution in [0.25, 0.3) is 0 Å². The van der Waals surface area contributed by atoms with Crippen LogP contribution in [0.3, 0.4) is 0 Å². The first-order valence-corrected chi connectivity index (χ1v) is 6.40. The summed E-state index contributed by atoms with van der Waals surface area (Å²) in [6.45, 7) is 3.81. The Morgan fingerprint density at radius 3 is 2.20 bits per heavy atom. The van der Waals surface area contributed by atoms with E-state index in [0.29, 0.717) is 0 Å². The van der Waals surface area contributed by atoms with E-state index in [1.165, 1.54) is 0 Å². The van der Waals surface area contributed by atoms with Crippen LogP contribution in [0.4, 0.5) is 0 Å². The lowest BCUT2D eigenvalue weighted by Crippen LogP contribution is -2.21. The third kappa shape index (κ3) is 2.33. The molecule has 0 spiro atoms. The van der Waals surface area contributed by atoms with Crippen LogP contribution >= 0.6 is 0 Å². The summed E-state index contributed by atoms with van der Waals surface area (Å²) in [5.74, 6) is 0. The summed E-state index contributed by atoms with van der Waals surface area (Å²) in [6, 6.07) is 0. The van der Waals surface area contributed by atoms with Gasteiger partial charge in [0.05, 0.1) is 0 Å². The molecule has 0 aromatic carbocycles. The molecular weight excluding hydrogens is 140 g/mol. The monoisotopic (exact) mass is 152 g/mol. The van der Waals surface area contributed by atoms with E-state index in [-0.39, 0.29) is 0 Å². The molecule has 0 saturated heterocycles. The van der Waals surface area contributed by atoms with Crippen LogP contribution in [0.2, 0.25) is 13.1 Å². The Kier molecular flexibility index (Phi) is 1.92. The van der Waals surface area contributed by atoms with E-state index in [1.54, 1.807) is 0 Å². The molecule has 1 N–H and O–H groups in total. The van der Waals surface area contributed by atoms with Gasteiger partial charge in [0, 0.05) is 0 Å². The zero-order valence-electron chi connectivity index (χ0n) is 6.33. The van der Waals surface area contributed by atoms with Gasteiger partial charge < -0.3 is 4.80 Å². The van der Waals surface area contributed by atoms with E-state index in [4.69, 9.17) is 0 Å². The molecule has 0 bridgehead atoms. The zero-order valence-corrected chi connectivity index (χ0v) is 7.33. The highest BCUT2D eigenvalue weighted by molar-refractivity contribution is 6.75. The van der Waals surface area contributed by atoms with Gasteiger partial charge in [0.25, 0.3) is 0 Å². The van der Waals surface area contributed by atoms with Crippen molar-refractivity contribution in [3.8, 4) is 0 Å². The Hall–Kier alpha value is -0.603. The van der Waals surface area contributed by atoms with E-state index in [1.807, 2.05) is 43.1 Å². The second-order valence-electron chi connectivity index (χ2n) is 3.02. The second kappa shape index (κ2) is 2.56. The Morgan fingerprint density at radius 2 is 1.80 bits per heavy atom. The van der Waals surface area contributed by atoms with Gasteiger partial charge in [-0.2, -0.15) is 0 Å². The Labute approximate surface area is 62.5 Å². The third-order valence-electron chi connectivity index (χ3n) is 1.21. The van der Waals surface area contributed by atoms with Gasteiger partial charge in [-0.3, -0.25) is 0 Å². The van der Waals surface area contributed by atoms with Crippen LogP contribution < -0.4 is 0 Å². The predicted octanol–water partition coefficient (Wildman–Crippen LogP) is 1.78. The van der Waals surface area contributed by atoms with Crippen LogP contribution in [-0.4, -0.2) is 13.1 Å². The van der Waals surface area contributed by atoms with Crippen molar-refractivity contribution in [3.05, 3.63) is 35.6 Å². The molecule has 54 valence electrons. The van der Waals surface area contributed by atoms with Crippen molar-refractivity contribution in [2.45, 2.75) is 13.1 Å². The largest absolute Gasteiger partial charge is 0.428 e. The third-order valence-corrected chi connectivity index (χ3v) is 2.25. The van der Waals surface area contributed by atoms with E-state index < -0.39 is 8.32 Å². The summed E-state index contributed by atoms with van der Waals surface area (Å²) in [5.41, 5.74) is 3.10. The molecule has 0 saturated carbocycles. The Morgan fingerprint density at radius 1 is 1.30 bits per heavy atom. The first kappa shape index (κ1) is 7.50. The number of rotatable bonds is 1. The van der Waals surface area contributed by atoms with Gasteiger partial charge in [-0.25, -0.2) is 0 Å². The van der Waals surface area contributed by atoms with Gasteiger partial charge in [-0.05, 0) is 18.7 Å². The lowest BCUT2D eigenvalue weighted by atomic mass is 10.3. The molecule has 0 amide bonds. The van der Waals surface area contributed by atoms with E-state index >= 15 is 0 Å². The second-order valence-corrected chi connectivity index (χ2v) is 6.61. The molecule has 1 rings (SSSR count). The molecule has 10 heavy (non-hydrogen) atoms. The molecule has 1 nitrogen and oxygen atoms in total. The molecule has 0 aromatic heterocycles. The average Bonchev–Trinajstić information content (AvgIpc) is 2.12. The minimum absolute atomic E-state index is 1.14. The quantitative estimate of drug-likeness (QED) is 0.568. The summed E-state index contributed by atoms with van der Waals surface area (Å²) >= 11 is 0. The molecular formula is C8H12OSi. The molecule has 0 unspecified atom stereocenters. The number of hydrogen-bond donors (Lipinski definition) is 1. The first-order valence-electron chi connectivity index (χ1n) is 3.38. The number of allylic oxidation sites excluding steroid dienone is 5. The van der Waals surface area contributed by atoms with Crippen molar-refractivity contribution in [3.63, 3.8) is 0 Å². The summed E-state index contributed by atoms with van der Waals surface area (Å²) in [5, 5.41) is 0. The van der Waals surface area contributed by atoms with Crippen molar-refractivity contribution >= 4 is 8.32 Å². The van der Waals surface area contributed by atoms with Crippen molar-refractivity contribution < 1.29 is 4.80 Å². The minimum atomic E-state index is -1.99. The van der Waals surface area contributed by atoms with Gasteiger partial charge in [0.1, 0.15) is 0 Å². The fourth-order valence-corrected chi connectivity index (χ4v) is 1.90.